The molecule has 0 heterocycles. The number of carbonyl (C=O) groups excluding carboxylic acids is 2. The Morgan fingerprint density at radius 3 is 2.33 bits per heavy atom. The molecule has 2 atom stereocenters. The quantitative estimate of drug-likeness (QED) is 0.714. The number of ether oxygens (including phenoxy) is 1. The molecule has 0 aliphatic heterocycles. The second kappa shape index (κ2) is 7.19. The molecule has 0 saturated heterocycles. The van der Waals surface area contributed by atoms with Gasteiger partial charge in [0.05, 0.1) is 0 Å². The summed E-state index contributed by atoms with van der Waals surface area (Å²) in [5.41, 5.74) is 0.310. The number of amides is 1. The number of hydrogen-bond donors (Lipinski definition) is 3. The first-order valence-corrected chi connectivity index (χ1v) is 6.61. The van der Waals surface area contributed by atoms with Crippen LogP contribution < -0.4 is 5.32 Å². The summed E-state index contributed by atoms with van der Waals surface area (Å²) >= 11 is 0. The number of aldehydes is 1. The molecule has 3 N–H and O–H groups in total. The van der Waals surface area contributed by atoms with Crippen LogP contribution in [0.3, 0.4) is 0 Å². The van der Waals surface area contributed by atoms with Gasteiger partial charge in [-0.2, -0.15) is 0 Å². The second-order valence-electron chi connectivity index (χ2n) is 5.68. The standard InChI is InChI=1S/C15H21NO5/c1-15(2,3)21-14(20)16-8-12(18)13(19)11-6-4-10(9-17)5-7-11/h4-7,9,12-13,18-19H,8H2,1-3H3,(H,16,20). The monoisotopic (exact) mass is 295 g/mol. The van der Waals surface area contributed by atoms with E-state index in [9.17, 15) is 19.8 Å². The van der Waals surface area contributed by atoms with Crippen molar-refractivity contribution in [1.82, 2.24) is 5.32 Å². The molecular weight excluding hydrogens is 274 g/mol. The Morgan fingerprint density at radius 1 is 1.29 bits per heavy atom. The third-order valence-corrected chi connectivity index (χ3v) is 2.63. The molecular formula is C15H21NO5. The topological polar surface area (TPSA) is 95.9 Å². The van der Waals surface area contributed by atoms with Gasteiger partial charge < -0.3 is 20.3 Å². The maximum absolute atomic E-state index is 11.4. The highest BCUT2D eigenvalue weighted by Crippen LogP contribution is 2.17. The normalized spacial score (nSPS) is 14.1. The number of alkyl carbamates (subject to hydrolysis) is 1. The maximum atomic E-state index is 11.4. The number of nitrogens with one attached hydrogen (secondary N) is 1. The van der Waals surface area contributed by atoms with Crippen LogP contribution in [0, 0.1) is 0 Å². The fourth-order valence-electron chi connectivity index (χ4n) is 1.61. The van der Waals surface area contributed by atoms with Crippen LogP contribution >= 0.6 is 0 Å². The molecule has 116 valence electrons. The predicted molar refractivity (Wildman–Crippen MR) is 77.0 cm³/mol. The molecule has 1 aromatic rings. The first-order chi connectivity index (χ1) is 9.73. The minimum atomic E-state index is -1.18. The molecule has 6 heteroatoms. The van der Waals surface area contributed by atoms with E-state index in [1.807, 2.05) is 0 Å². The Hall–Kier alpha value is -1.92. The van der Waals surface area contributed by atoms with Crippen LogP contribution in [0.2, 0.25) is 0 Å². The van der Waals surface area contributed by atoms with E-state index in [1.54, 1.807) is 45.0 Å². The van der Waals surface area contributed by atoms with Crippen molar-refractivity contribution in [3.63, 3.8) is 0 Å². The third-order valence-electron chi connectivity index (χ3n) is 2.63. The Morgan fingerprint density at radius 2 is 1.86 bits per heavy atom. The SMILES string of the molecule is CC(C)(C)OC(=O)NCC(O)C(O)c1ccc(C=O)cc1. The average molecular weight is 295 g/mol. The summed E-state index contributed by atoms with van der Waals surface area (Å²) in [6, 6.07) is 6.18. The zero-order chi connectivity index (χ0) is 16.0. The molecule has 0 spiro atoms. The molecule has 0 bridgehead atoms. The highest BCUT2D eigenvalue weighted by Gasteiger charge is 2.21. The summed E-state index contributed by atoms with van der Waals surface area (Å²) < 4.78 is 5.02. The summed E-state index contributed by atoms with van der Waals surface area (Å²) in [6.45, 7) is 5.04. The third kappa shape index (κ3) is 5.93. The van der Waals surface area contributed by atoms with Crippen molar-refractivity contribution in [2.24, 2.45) is 0 Å². The average Bonchev–Trinajstić information content (AvgIpc) is 2.42. The van der Waals surface area contributed by atoms with E-state index in [1.165, 1.54) is 0 Å². The van der Waals surface area contributed by atoms with Gasteiger partial charge in [0.15, 0.2) is 0 Å². The molecule has 0 aromatic heterocycles. The van der Waals surface area contributed by atoms with Crippen molar-refractivity contribution in [1.29, 1.82) is 0 Å². The number of rotatable bonds is 5. The van der Waals surface area contributed by atoms with Crippen molar-refractivity contribution < 1.29 is 24.5 Å². The summed E-state index contributed by atoms with van der Waals surface area (Å²) in [7, 11) is 0. The molecule has 21 heavy (non-hydrogen) atoms. The molecule has 0 aliphatic rings. The van der Waals surface area contributed by atoms with E-state index in [0.29, 0.717) is 17.4 Å². The van der Waals surface area contributed by atoms with Gasteiger partial charge in [0.25, 0.3) is 0 Å². The lowest BCUT2D eigenvalue weighted by Gasteiger charge is -2.22. The molecule has 2 unspecified atom stereocenters. The van der Waals surface area contributed by atoms with Gasteiger partial charge in [-0.05, 0) is 26.3 Å². The lowest BCUT2D eigenvalue weighted by Crippen LogP contribution is -2.38. The van der Waals surface area contributed by atoms with E-state index < -0.39 is 23.9 Å². The Labute approximate surface area is 123 Å². The number of aliphatic hydroxyl groups excluding tert-OH is 2. The lowest BCUT2D eigenvalue weighted by atomic mass is 10.0. The van der Waals surface area contributed by atoms with Gasteiger partial charge in [-0.1, -0.05) is 24.3 Å². The highest BCUT2D eigenvalue weighted by molar-refractivity contribution is 5.74. The van der Waals surface area contributed by atoms with Gasteiger partial charge in [-0.25, -0.2) is 4.79 Å². The molecule has 1 aromatic carbocycles. The van der Waals surface area contributed by atoms with E-state index in [-0.39, 0.29) is 6.54 Å². The minimum Gasteiger partial charge on any atom is -0.444 e. The number of aliphatic hydroxyl groups is 2. The van der Waals surface area contributed by atoms with E-state index in [2.05, 4.69) is 5.32 Å². The Bertz CT molecular complexity index is 478. The predicted octanol–water partition coefficient (Wildman–Crippen LogP) is 1.42. The molecule has 6 nitrogen and oxygen atoms in total. The fraction of sp³-hybridized carbons (Fsp3) is 0.467. The van der Waals surface area contributed by atoms with Crippen molar-refractivity contribution in [2.75, 3.05) is 6.54 Å². The van der Waals surface area contributed by atoms with Crippen LogP contribution in [-0.4, -0.2) is 40.8 Å². The minimum absolute atomic E-state index is 0.147. The van der Waals surface area contributed by atoms with Crippen LogP contribution in [0.1, 0.15) is 42.8 Å². The smallest absolute Gasteiger partial charge is 0.407 e. The van der Waals surface area contributed by atoms with Gasteiger partial charge in [0, 0.05) is 12.1 Å². The van der Waals surface area contributed by atoms with E-state index in [0.717, 1.165) is 0 Å². The summed E-state index contributed by atoms with van der Waals surface area (Å²) in [6.07, 6.45) is -2.32. The number of hydrogen-bond acceptors (Lipinski definition) is 5. The van der Waals surface area contributed by atoms with Crippen molar-refractivity contribution in [2.45, 2.75) is 38.6 Å². The highest BCUT2D eigenvalue weighted by atomic mass is 16.6. The van der Waals surface area contributed by atoms with Crippen LogP contribution in [0.5, 0.6) is 0 Å². The summed E-state index contributed by atoms with van der Waals surface area (Å²) in [5, 5.41) is 22.2. The first kappa shape index (κ1) is 17.1. The lowest BCUT2D eigenvalue weighted by molar-refractivity contribution is 0.0129. The zero-order valence-electron chi connectivity index (χ0n) is 12.4. The molecule has 1 rings (SSSR count). The molecule has 0 fully saturated rings. The van der Waals surface area contributed by atoms with Crippen LogP contribution in [0.4, 0.5) is 4.79 Å². The van der Waals surface area contributed by atoms with Gasteiger partial charge >= 0.3 is 6.09 Å². The van der Waals surface area contributed by atoms with Crippen LogP contribution in [0.25, 0.3) is 0 Å². The molecule has 0 aliphatic carbocycles. The fourth-order valence-corrected chi connectivity index (χ4v) is 1.61. The van der Waals surface area contributed by atoms with Gasteiger partial charge in [-0.15, -0.1) is 0 Å². The van der Waals surface area contributed by atoms with E-state index in [4.69, 9.17) is 4.74 Å². The largest absolute Gasteiger partial charge is 0.444 e. The summed E-state index contributed by atoms with van der Waals surface area (Å²) in [5.74, 6) is 0. The van der Waals surface area contributed by atoms with Crippen molar-refractivity contribution in [3.8, 4) is 0 Å². The van der Waals surface area contributed by atoms with Crippen LogP contribution in [0.15, 0.2) is 24.3 Å². The maximum Gasteiger partial charge on any atom is 0.407 e. The van der Waals surface area contributed by atoms with Gasteiger partial charge in [0.2, 0.25) is 0 Å². The Balaban J connectivity index is 2.52. The molecule has 0 radical (unpaired) electrons. The van der Waals surface area contributed by atoms with Gasteiger partial charge in [0.1, 0.15) is 24.1 Å². The van der Waals surface area contributed by atoms with Gasteiger partial charge in [-0.3, -0.25) is 4.79 Å². The molecule has 0 saturated carbocycles. The van der Waals surface area contributed by atoms with Crippen LogP contribution in [-0.2, 0) is 4.74 Å². The molecule has 1 amide bonds. The number of benzene rings is 1. The Kier molecular flexibility index (Phi) is 5.87. The van der Waals surface area contributed by atoms with Crippen molar-refractivity contribution >= 4 is 12.4 Å². The number of carbonyl (C=O) groups is 2. The first-order valence-electron chi connectivity index (χ1n) is 6.61. The zero-order valence-corrected chi connectivity index (χ0v) is 12.4. The summed E-state index contributed by atoms with van der Waals surface area (Å²) in [4.78, 5) is 22.0. The second-order valence-corrected chi connectivity index (χ2v) is 5.68. The van der Waals surface area contributed by atoms with Crippen molar-refractivity contribution in [3.05, 3.63) is 35.4 Å². The van der Waals surface area contributed by atoms with E-state index >= 15 is 0 Å².